The minimum absolute atomic E-state index is 0.0295. The number of halogens is 1. The summed E-state index contributed by atoms with van der Waals surface area (Å²) < 4.78 is 10.6. The van der Waals surface area contributed by atoms with Crippen LogP contribution in [0.5, 0.6) is 11.5 Å². The van der Waals surface area contributed by atoms with Crippen molar-refractivity contribution >= 4 is 23.4 Å². The first-order chi connectivity index (χ1) is 13.1. The zero-order chi connectivity index (χ0) is 18.8. The molecule has 0 aliphatic carbocycles. The molecule has 4 rings (SSSR count). The molecular formula is C20H19ClN2O4. The number of hydrogen-bond donors (Lipinski definition) is 1. The van der Waals surface area contributed by atoms with Crippen LogP contribution in [0.2, 0.25) is 5.02 Å². The quantitative estimate of drug-likeness (QED) is 0.858. The lowest BCUT2D eigenvalue weighted by atomic mass is 10.1. The Balaban J connectivity index is 1.33. The number of carbonyl (C=O) groups excluding carboxylic acids is 2. The SMILES string of the molecule is O=C(NCc1ccc2c(c1)OCO2)C1CC(=O)N(Cc2ccccc2Cl)C1. The van der Waals surface area contributed by atoms with Crippen LogP contribution in [0.1, 0.15) is 17.5 Å². The van der Waals surface area contributed by atoms with Crippen molar-refractivity contribution in [3.8, 4) is 11.5 Å². The smallest absolute Gasteiger partial charge is 0.231 e. The molecule has 2 aromatic carbocycles. The fourth-order valence-corrected chi connectivity index (χ4v) is 3.51. The lowest BCUT2D eigenvalue weighted by molar-refractivity contribution is -0.129. The van der Waals surface area contributed by atoms with Crippen LogP contribution in [0.15, 0.2) is 42.5 Å². The number of nitrogens with one attached hydrogen (secondary N) is 1. The summed E-state index contributed by atoms with van der Waals surface area (Å²) >= 11 is 6.17. The molecule has 7 heteroatoms. The van der Waals surface area contributed by atoms with Crippen molar-refractivity contribution in [2.45, 2.75) is 19.5 Å². The third-order valence-corrected chi connectivity index (χ3v) is 5.18. The van der Waals surface area contributed by atoms with Crippen LogP contribution in [0.3, 0.4) is 0 Å². The number of amides is 2. The van der Waals surface area contributed by atoms with Crippen molar-refractivity contribution < 1.29 is 19.1 Å². The van der Waals surface area contributed by atoms with Gasteiger partial charge in [-0.15, -0.1) is 0 Å². The molecule has 1 atom stereocenters. The van der Waals surface area contributed by atoms with Gasteiger partial charge in [-0.05, 0) is 29.3 Å². The minimum Gasteiger partial charge on any atom is -0.454 e. The second kappa shape index (κ2) is 7.48. The summed E-state index contributed by atoms with van der Waals surface area (Å²) in [6.45, 7) is 1.42. The highest BCUT2D eigenvalue weighted by Crippen LogP contribution is 2.32. The Morgan fingerprint density at radius 3 is 2.85 bits per heavy atom. The van der Waals surface area contributed by atoms with E-state index in [0.717, 1.165) is 11.1 Å². The average Bonchev–Trinajstić information content (AvgIpc) is 3.28. The molecule has 2 aliphatic heterocycles. The summed E-state index contributed by atoms with van der Waals surface area (Å²) in [7, 11) is 0. The lowest BCUT2D eigenvalue weighted by Gasteiger charge is -2.17. The number of fused-ring (bicyclic) bond motifs is 1. The Labute approximate surface area is 162 Å². The molecule has 2 amide bonds. The van der Waals surface area contributed by atoms with E-state index in [2.05, 4.69) is 5.32 Å². The molecule has 2 aromatic rings. The number of likely N-dealkylation sites (tertiary alicyclic amines) is 1. The Hall–Kier alpha value is -2.73. The van der Waals surface area contributed by atoms with Crippen molar-refractivity contribution in [3.63, 3.8) is 0 Å². The van der Waals surface area contributed by atoms with Gasteiger partial charge in [0.2, 0.25) is 18.6 Å². The summed E-state index contributed by atoms with van der Waals surface area (Å²) in [6, 6.07) is 13.0. The van der Waals surface area contributed by atoms with Gasteiger partial charge in [0.25, 0.3) is 0 Å². The van der Waals surface area contributed by atoms with Gasteiger partial charge in [-0.2, -0.15) is 0 Å². The highest BCUT2D eigenvalue weighted by molar-refractivity contribution is 6.31. The van der Waals surface area contributed by atoms with Crippen LogP contribution in [0, 0.1) is 5.92 Å². The van der Waals surface area contributed by atoms with Gasteiger partial charge < -0.3 is 19.7 Å². The van der Waals surface area contributed by atoms with Gasteiger partial charge in [-0.3, -0.25) is 9.59 Å². The molecule has 1 saturated heterocycles. The third kappa shape index (κ3) is 3.85. The predicted octanol–water partition coefficient (Wildman–Crippen LogP) is 2.73. The first kappa shape index (κ1) is 17.7. The molecule has 0 bridgehead atoms. The molecule has 0 spiro atoms. The second-order valence-corrected chi connectivity index (χ2v) is 7.08. The van der Waals surface area contributed by atoms with Gasteiger partial charge in [0.1, 0.15) is 0 Å². The molecule has 2 heterocycles. The van der Waals surface area contributed by atoms with Gasteiger partial charge in [0.15, 0.2) is 11.5 Å². The number of ether oxygens (including phenoxy) is 2. The van der Waals surface area contributed by atoms with Gasteiger partial charge in [0, 0.05) is 31.1 Å². The van der Waals surface area contributed by atoms with E-state index in [0.29, 0.717) is 36.2 Å². The third-order valence-electron chi connectivity index (χ3n) is 4.81. The lowest BCUT2D eigenvalue weighted by Crippen LogP contribution is -2.32. The van der Waals surface area contributed by atoms with Crippen molar-refractivity contribution in [1.29, 1.82) is 0 Å². The van der Waals surface area contributed by atoms with Crippen LogP contribution in [-0.4, -0.2) is 30.1 Å². The van der Waals surface area contributed by atoms with E-state index in [1.807, 2.05) is 36.4 Å². The summed E-state index contributed by atoms with van der Waals surface area (Å²) in [5, 5.41) is 3.53. The molecule has 6 nitrogen and oxygen atoms in total. The Bertz CT molecular complexity index is 886. The normalized spacial score (nSPS) is 18.0. The Morgan fingerprint density at radius 2 is 2.00 bits per heavy atom. The molecule has 140 valence electrons. The monoisotopic (exact) mass is 386 g/mol. The zero-order valence-corrected chi connectivity index (χ0v) is 15.4. The molecule has 1 fully saturated rings. The fraction of sp³-hybridized carbons (Fsp3) is 0.300. The van der Waals surface area contributed by atoms with Crippen LogP contribution >= 0.6 is 11.6 Å². The fourth-order valence-electron chi connectivity index (χ4n) is 3.32. The van der Waals surface area contributed by atoms with E-state index in [1.54, 1.807) is 11.0 Å². The summed E-state index contributed by atoms with van der Waals surface area (Å²) in [6.07, 6.45) is 0.220. The minimum atomic E-state index is -0.353. The molecule has 27 heavy (non-hydrogen) atoms. The second-order valence-electron chi connectivity index (χ2n) is 6.67. The van der Waals surface area contributed by atoms with Crippen molar-refractivity contribution in [2.75, 3.05) is 13.3 Å². The summed E-state index contributed by atoms with van der Waals surface area (Å²) in [4.78, 5) is 26.5. The highest BCUT2D eigenvalue weighted by atomic mass is 35.5. The maximum Gasteiger partial charge on any atom is 0.231 e. The van der Waals surface area contributed by atoms with E-state index in [4.69, 9.17) is 21.1 Å². The van der Waals surface area contributed by atoms with E-state index >= 15 is 0 Å². The summed E-state index contributed by atoms with van der Waals surface area (Å²) in [5.74, 6) is 0.889. The maximum absolute atomic E-state index is 12.5. The number of rotatable bonds is 5. The molecule has 0 radical (unpaired) electrons. The van der Waals surface area contributed by atoms with E-state index in [-0.39, 0.29) is 30.9 Å². The Morgan fingerprint density at radius 1 is 1.19 bits per heavy atom. The standard InChI is InChI=1S/C20H19ClN2O4/c21-16-4-2-1-3-14(16)10-23-11-15(8-19(23)24)20(25)22-9-13-5-6-17-18(7-13)27-12-26-17/h1-7,15H,8-12H2,(H,22,25). The van der Waals surface area contributed by atoms with Gasteiger partial charge in [-0.25, -0.2) is 0 Å². The average molecular weight is 387 g/mol. The van der Waals surface area contributed by atoms with Crippen LogP contribution in [-0.2, 0) is 22.7 Å². The predicted molar refractivity (Wildman–Crippen MR) is 99.4 cm³/mol. The molecule has 1 N–H and O–H groups in total. The van der Waals surface area contributed by atoms with Crippen LogP contribution in [0.4, 0.5) is 0 Å². The van der Waals surface area contributed by atoms with Gasteiger partial charge in [0.05, 0.1) is 5.92 Å². The topological polar surface area (TPSA) is 67.9 Å². The van der Waals surface area contributed by atoms with Gasteiger partial charge in [-0.1, -0.05) is 35.9 Å². The maximum atomic E-state index is 12.5. The van der Waals surface area contributed by atoms with Crippen molar-refractivity contribution in [3.05, 3.63) is 58.6 Å². The Kier molecular flexibility index (Phi) is 4.90. The number of benzene rings is 2. The van der Waals surface area contributed by atoms with Crippen molar-refractivity contribution in [2.24, 2.45) is 5.92 Å². The first-order valence-corrected chi connectivity index (χ1v) is 9.15. The van der Waals surface area contributed by atoms with Gasteiger partial charge >= 0.3 is 0 Å². The van der Waals surface area contributed by atoms with Crippen LogP contribution < -0.4 is 14.8 Å². The first-order valence-electron chi connectivity index (χ1n) is 8.77. The molecule has 1 unspecified atom stereocenters. The highest BCUT2D eigenvalue weighted by Gasteiger charge is 2.34. The van der Waals surface area contributed by atoms with E-state index < -0.39 is 0 Å². The number of nitrogens with zero attached hydrogens (tertiary/aromatic N) is 1. The van der Waals surface area contributed by atoms with Crippen LogP contribution in [0.25, 0.3) is 0 Å². The largest absolute Gasteiger partial charge is 0.454 e. The molecule has 2 aliphatic rings. The molecular weight excluding hydrogens is 368 g/mol. The summed E-state index contributed by atoms with van der Waals surface area (Å²) in [5.41, 5.74) is 1.80. The van der Waals surface area contributed by atoms with E-state index in [1.165, 1.54) is 0 Å². The molecule has 0 saturated carbocycles. The van der Waals surface area contributed by atoms with Crippen molar-refractivity contribution in [1.82, 2.24) is 10.2 Å². The molecule has 0 aromatic heterocycles. The number of hydrogen-bond acceptors (Lipinski definition) is 4. The van der Waals surface area contributed by atoms with E-state index in [9.17, 15) is 9.59 Å². The zero-order valence-electron chi connectivity index (χ0n) is 14.6. The number of carbonyl (C=O) groups is 2.